The van der Waals surface area contributed by atoms with Crippen LogP contribution in [0.3, 0.4) is 0 Å². The zero-order chi connectivity index (χ0) is 17.4. The van der Waals surface area contributed by atoms with Crippen molar-refractivity contribution in [3.05, 3.63) is 72.3 Å². The molecule has 124 valence electrons. The largest absolute Gasteiger partial charge is 0.496 e. The molecular weight excluding hydrogens is 306 g/mol. The van der Waals surface area contributed by atoms with Crippen LogP contribution >= 0.6 is 0 Å². The van der Waals surface area contributed by atoms with E-state index in [0.29, 0.717) is 17.0 Å². The average molecular weight is 325 g/mol. The number of carbonyl (C=O) groups excluding carboxylic acids is 2. The minimum atomic E-state index is -0.393. The van der Waals surface area contributed by atoms with Gasteiger partial charge in [-0.3, -0.25) is 20.4 Å². The van der Waals surface area contributed by atoms with E-state index in [9.17, 15) is 9.59 Å². The molecule has 2 aromatic rings. The van der Waals surface area contributed by atoms with Gasteiger partial charge in [-0.2, -0.15) is 0 Å². The molecular formula is C18H19N3O3. The normalized spacial score (nSPS) is 9.71. The van der Waals surface area contributed by atoms with Crippen LogP contribution in [-0.2, 0) is 4.79 Å². The van der Waals surface area contributed by atoms with E-state index in [1.807, 2.05) is 30.3 Å². The highest BCUT2D eigenvalue weighted by Gasteiger charge is 2.12. The Bertz CT molecular complexity index is 729. The molecule has 0 fully saturated rings. The van der Waals surface area contributed by atoms with Crippen molar-refractivity contribution in [2.24, 2.45) is 0 Å². The molecule has 0 bridgehead atoms. The topological polar surface area (TPSA) is 79.5 Å². The van der Waals surface area contributed by atoms with Gasteiger partial charge in [0.05, 0.1) is 24.9 Å². The number of para-hydroxylation sites is 1. The van der Waals surface area contributed by atoms with E-state index in [-0.39, 0.29) is 12.5 Å². The van der Waals surface area contributed by atoms with E-state index in [0.717, 1.165) is 5.56 Å². The number of rotatable bonds is 7. The van der Waals surface area contributed by atoms with E-state index in [2.05, 4.69) is 22.7 Å². The molecule has 2 amide bonds. The summed E-state index contributed by atoms with van der Waals surface area (Å²) < 4.78 is 5.12. The lowest BCUT2D eigenvalue weighted by Crippen LogP contribution is -2.42. The van der Waals surface area contributed by atoms with Gasteiger partial charge in [0.25, 0.3) is 11.8 Å². The number of amides is 2. The number of carbonyl (C=O) groups is 2. The van der Waals surface area contributed by atoms with E-state index in [1.165, 1.54) is 7.11 Å². The van der Waals surface area contributed by atoms with Crippen LogP contribution in [0.1, 0.15) is 15.9 Å². The van der Waals surface area contributed by atoms with Gasteiger partial charge in [0.15, 0.2) is 0 Å². The quantitative estimate of drug-likeness (QED) is 0.677. The average Bonchev–Trinajstić information content (AvgIpc) is 2.64. The molecule has 0 saturated carbocycles. The molecule has 0 aliphatic carbocycles. The van der Waals surface area contributed by atoms with Gasteiger partial charge in [-0.25, -0.2) is 0 Å². The fourth-order valence-electron chi connectivity index (χ4n) is 1.99. The van der Waals surface area contributed by atoms with Crippen molar-refractivity contribution < 1.29 is 14.3 Å². The monoisotopic (exact) mass is 325 g/mol. The van der Waals surface area contributed by atoms with Crippen molar-refractivity contribution in [3.63, 3.8) is 0 Å². The lowest BCUT2D eigenvalue weighted by molar-refractivity contribution is -0.120. The lowest BCUT2D eigenvalue weighted by Gasteiger charge is -2.12. The zero-order valence-corrected chi connectivity index (χ0v) is 13.3. The maximum atomic E-state index is 12.1. The molecule has 24 heavy (non-hydrogen) atoms. The molecule has 0 spiro atoms. The summed E-state index contributed by atoms with van der Waals surface area (Å²) in [6.45, 7) is 3.66. The first-order chi connectivity index (χ1) is 11.6. The molecule has 0 aliphatic rings. The van der Waals surface area contributed by atoms with Crippen LogP contribution in [0.25, 0.3) is 5.70 Å². The van der Waals surface area contributed by atoms with Gasteiger partial charge in [0, 0.05) is 0 Å². The number of nitrogens with one attached hydrogen (secondary N) is 3. The van der Waals surface area contributed by atoms with Crippen molar-refractivity contribution >= 4 is 17.5 Å². The van der Waals surface area contributed by atoms with Crippen molar-refractivity contribution in [1.82, 2.24) is 16.2 Å². The first-order valence-corrected chi connectivity index (χ1v) is 7.32. The predicted molar refractivity (Wildman–Crippen MR) is 92.1 cm³/mol. The summed E-state index contributed by atoms with van der Waals surface area (Å²) >= 11 is 0. The van der Waals surface area contributed by atoms with Crippen LogP contribution in [0.5, 0.6) is 5.75 Å². The molecule has 0 aliphatic heterocycles. The molecule has 0 heterocycles. The van der Waals surface area contributed by atoms with E-state index >= 15 is 0 Å². The smallest absolute Gasteiger partial charge is 0.257 e. The van der Waals surface area contributed by atoms with Gasteiger partial charge >= 0.3 is 0 Å². The third-order valence-corrected chi connectivity index (χ3v) is 3.24. The maximum Gasteiger partial charge on any atom is 0.257 e. The maximum absolute atomic E-state index is 12.1. The molecule has 2 aromatic carbocycles. The van der Waals surface area contributed by atoms with Crippen molar-refractivity contribution in [2.75, 3.05) is 13.7 Å². The van der Waals surface area contributed by atoms with Gasteiger partial charge in [0.2, 0.25) is 0 Å². The third-order valence-electron chi connectivity index (χ3n) is 3.24. The fourth-order valence-corrected chi connectivity index (χ4v) is 1.99. The van der Waals surface area contributed by atoms with Crippen molar-refractivity contribution in [3.8, 4) is 5.75 Å². The van der Waals surface area contributed by atoms with Crippen LogP contribution < -0.4 is 20.9 Å². The lowest BCUT2D eigenvalue weighted by atomic mass is 10.2. The van der Waals surface area contributed by atoms with E-state index in [4.69, 9.17) is 4.74 Å². The Hall–Kier alpha value is -3.28. The van der Waals surface area contributed by atoms with Crippen LogP contribution in [0, 0.1) is 0 Å². The second-order valence-corrected chi connectivity index (χ2v) is 4.90. The predicted octanol–water partition coefficient (Wildman–Crippen LogP) is 1.72. The molecule has 0 atom stereocenters. The van der Waals surface area contributed by atoms with Crippen LogP contribution in [-0.4, -0.2) is 25.5 Å². The summed E-state index contributed by atoms with van der Waals surface area (Å²) in [5, 5.41) is 2.54. The number of hydrazine groups is 1. The second-order valence-electron chi connectivity index (χ2n) is 4.90. The number of benzene rings is 2. The minimum absolute atomic E-state index is 0.175. The Morgan fingerprint density at radius 2 is 1.67 bits per heavy atom. The van der Waals surface area contributed by atoms with Crippen LogP contribution in [0.4, 0.5) is 0 Å². The number of methoxy groups -OCH3 is 1. The van der Waals surface area contributed by atoms with Gasteiger partial charge in [-0.05, 0) is 17.7 Å². The molecule has 6 nitrogen and oxygen atoms in total. The molecule has 6 heteroatoms. The summed E-state index contributed by atoms with van der Waals surface area (Å²) in [4.78, 5) is 23.9. The Labute approximate surface area is 140 Å². The van der Waals surface area contributed by atoms with Crippen LogP contribution in [0.2, 0.25) is 0 Å². The highest BCUT2D eigenvalue weighted by Crippen LogP contribution is 2.16. The standard InChI is InChI=1S/C18H19N3O3/c1-13(14-8-4-3-5-9-14)20-21-17(22)12-19-18(23)15-10-6-7-11-16(15)24-2/h3-11,20H,1,12H2,2H3,(H,19,23)(H,21,22). The summed E-state index contributed by atoms with van der Waals surface area (Å²) in [6.07, 6.45) is 0. The summed E-state index contributed by atoms with van der Waals surface area (Å²) in [7, 11) is 1.48. The zero-order valence-electron chi connectivity index (χ0n) is 13.3. The van der Waals surface area contributed by atoms with Gasteiger partial charge in [0.1, 0.15) is 5.75 Å². The molecule has 0 unspecified atom stereocenters. The summed E-state index contributed by atoms with van der Waals surface area (Å²) in [5.74, 6) is -0.328. The van der Waals surface area contributed by atoms with E-state index in [1.54, 1.807) is 24.3 Å². The van der Waals surface area contributed by atoms with Crippen molar-refractivity contribution in [1.29, 1.82) is 0 Å². The molecule has 0 saturated heterocycles. The fraction of sp³-hybridized carbons (Fsp3) is 0.111. The molecule has 0 aromatic heterocycles. The Kier molecular flexibility index (Phi) is 5.96. The van der Waals surface area contributed by atoms with Gasteiger partial charge in [-0.15, -0.1) is 0 Å². The SMILES string of the molecule is C=C(NNC(=O)CNC(=O)c1ccccc1OC)c1ccccc1. The minimum Gasteiger partial charge on any atom is -0.496 e. The van der Waals surface area contributed by atoms with Gasteiger partial charge < -0.3 is 10.1 Å². The Morgan fingerprint density at radius 1 is 1.00 bits per heavy atom. The number of hydrogen-bond acceptors (Lipinski definition) is 4. The van der Waals surface area contributed by atoms with Crippen molar-refractivity contribution in [2.45, 2.75) is 0 Å². The summed E-state index contributed by atoms with van der Waals surface area (Å²) in [6, 6.07) is 16.2. The highest BCUT2D eigenvalue weighted by atomic mass is 16.5. The van der Waals surface area contributed by atoms with E-state index < -0.39 is 5.91 Å². The first-order valence-electron chi connectivity index (χ1n) is 7.32. The molecule has 2 rings (SSSR count). The molecule has 3 N–H and O–H groups in total. The van der Waals surface area contributed by atoms with Gasteiger partial charge in [-0.1, -0.05) is 49.0 Å². The molecule has 0 radical (unpaired) electrons. The number of ether oxygens (including phenoxy) is 1. The third kappa shape index (κ3) is 4.61. The van der Waals surface area contributed by atoms with Crippen LogP contribution in [0.15, 0.2) is 61.2 Å². The highest BCUT2D eigenvalue weighted by molar-refractivity contribution is 5.98. The Morgan fingerprint density at radius 3 is 2.38 bits per heavy atom. The second kappa shape index (κ2) is 8.38. The number of hydrogen-bond donors (Lipinski definition) is 3. The first kappa shape index (κ1) is 17.1. The summed E-state index contributed by atoms with van der Waals surface area (Å²) in [5.41, 5.74) is 6.98. The Balaban J connectivity index is 1.81.